The highest BCUT2D eigenvalue weighted by atomic mass is 35.5. The van der Waals surface area contributed by atoms with Crippen molar-refractivity contribution in [2.75, 3.05) is 7.11 Å². The lowest BCUT2D eigenvalue weighted by Gasteiger charge is -2.13. The van der Waals surface area contributed by atoms with Crippen LogP contribution in [0.1, 0.15) is 16.8 Å². The lowest BCUT2D eigenvalue weighted by Crippen LogP contribution is -2.17. The maximum Gasteiger partial charge on any atom is 0.476 e. The van der Waals surface area contributed by atoms with Crippen LogP contribution >= 0.6 is 23.2 Å². The van der Waals surface area contributed by atoms with Crippen LogP contribution in [0.2, 0.25) is 10.0 Å². The van der Waals surface area contributed by atoms with Gasteiger partial charge >= 0.3 is 11.7 Å². The van der Waals surface area contributed by atoms with Crippen molar-refractivity contribution >= 4 is 46.0 Å². The zero-order valence-corrected chi connectivity index (χ0v) is 19.8. The highest BCUT2D eigenvalue weighted by Crippen LogP contribution is 2.42. The molecule has 1 N–H and O–H groups in total. The SMILES string of the molecule is COc1cc(/C=N/c2c(S(=O)C(F)(F)F)c(C#N)nn2-c2c(Cl)cc(C(F)(F)F)cc2Cl)ccc1O. The topological polar surface area (TPSA) is 101 Å². The van der Waals surface area contributed by atoms with Gasteiger partial charge in [-0.3, -0.25) is 0 Å². The van der Waals surface area contributed by atoms with Gasteiger partial charge in [-0.25, -0.2) is 13.9 Å². The van der Waals surface area contributed by atoms with Gasteiger partial charge in [-0.15, -0.1) is 0 Å². The largest absolute Gasteiger partial charge is 0.504 e. The van der Waals surface area contributed by atoms with Gasteiger partial charge in [-0.2, -0.15) is 36.7 Å². The normalized spacial score (nSPS) is 13.1. The van der Waals surface area contributed by atoms with Crippen LogP contribution in [-0.2, 0) is 17.0 Å². The van der Waals surface area contributed by atoms with E-state index in [2.05, 4.69) is 10.1 Å². The number of nitrogens with zero attached hydrogens (tertiary/aromatic N) is 4. The monoisotopic (exact) mass is 570 g/mol. The summed E-state index contributed by atoms with van der Waals surface area (Å²) in [7, 11) is -2.59. The van der Waals surface area contributed by atoms with Crippen LogP contribution in [0.25, 0.3) is 5.69 Å². The van der Waals surface area contributed by atoms with E-state index in [1.807, 2.05) is 0 Å². The number of nitriles is 1. The molecule has 0 radical (unpaired) electrons. The van der Waals surface area contributed by atoms with Crippen LogP contribution in [0.5, 0.6) is 11.5 Å². The van der Waals surface area contributed by atoms with Crippen LogP contribution in [-0.4, -0.2) is 37.9 Å². The molecule has 1 heterocycles. The molecule has 36 heavy (non-hydrogen) atoms. The third-order valence-corrected chi connectivity index (χ3v) is 6.16. The lowest BCUT2D eigenvalue weighted by atomic mass is 10.2. The second-order valence-electron chi connectivity index (χ2n) is 6.72. The van der Waals surface area contributed by atoms with Gasteiger partial charge in [0.1, 0.15) is 16.7 Å². The first kappa shape index (κ1) is 27.3. The summed E-state index contributed by atoms with van der Waals surface area (Å²) in [4.78, 5) is 2.70. The molecule has 1 aromatic heterocycles. The molecule has 16 heteroatoms. The molecule has 0 saturated heterocycles. The lowest BCUT2D eigenvalue weighted by molar-refractivity contribution is -0.137. The Morgan fingerprint density at radius 1 is 1.17 bits per heavy atom. The van der Waals surface area contributed by atoms with E-state index in [1.165, 1.54) is 31.4 Å². The Labute approximate surface area is 210 Å². The van der Waals surface area contributed by atoms with E-state index in [-0.39, 0.29) is 17.1 Å². The second kappa shape index (κ2) is 10.00. The van der Waals surface area contributed by atoms with Crippen molar-refractivity contribution in [3.8, 4) is 23.3 Å². The van der Waals surface area contributed by atoms with Gasteiger partial charge in [0.15, 0.2) is 33.8 Å². The summed E-state index contributed by atoms with van der Waals surface area (Å²) in [5, 5.41) is 21.3. The number of hydrogen-bond donors (Lipinski definition) is 1. The molecule has 0 amide bonds. The Bertz CT molecular complexity index is 1410. The minimum atomic E-state index is -5.35. The van der Waals surface area contributed by atoms with Crippen LogP contribution < -0.4 is 4.74 Å². The number of ether oxygens (including phenoxy) is 1. The molecule has 3 rings (SSSR count). The smallest absolute Gasteiger partial charge is 0.476 e. The summed E-state index contributed by atoms with van der Waals surface area (Å²) in [6.45, 7) is 0. The number of aromatic hydroxyl groups is 1. The minimum Gasteiger partial charge on any atom is -0.504 e. The van der Waals surface area contributed by atoms with Crippen LogP contribution in [0.15, 0.2) is 40.2 Å². The van der Waals surface area contributed by atoms with Gasteiger partial charge in [0.2, 0.25) is 0 Å². The number of aromatic nitrogens is 2. The summed E-state index contributed by atoms with van der Waals surface area (Å²) in [5.74, 6) is -1.11. The molecule has 1 unspecified atom stereocenters. The molecule has 1 atom stereocenters. The molecular weight excluding hydrogens is 561 g/mol. The van der Waals surface area contributed by atoms with E-state index in [9.17, 15) is 40.9 Å². The number of rotatable bonds is 5. The molecule has 0 spiro atoms. The van der Waals surface area contributed by atoms with Gasteiger partial charge in [0.05, 0.1) is 22.7 Å². The number of benzene rings is 2. The molecule has 0 aliphatic rings. The highest BCUT2D eigenvalue weighted by Gasteiger charge is 2.43. The van der Waals surface area contributed by atoms with Crippen molar-refractivity contribution in [1.82, 2.24) is 9.78 Å². The predicted molar refractivity (Wildman–Crippen MR) is 118 cm³/mol. The molecule has 7 nitrogen and oxygen atoms in total. The predicted octanol–water partition coefficient (Wildman–Crippen LogP) is 6.16. The first-order valence-electron chi connectivity index (χ1n) is 9.18. The fourth-order valence-corrected chi connectivity index (χ4v) is 4.31. The van der Waals surface area contributed by atoms with Crippen LogP contribution in [0.4, 0.5) is 32.2 Å². The second-order valence-corrected chi connectivity index (χ2v) is 8.94. The average Bonchev–Trinajstić information content (AvgIpc) is 3.14. The third kappa shape index (κ3) is 5.43. The third-order valence-electron chi connectivity index (χ3n) is 4.42. The molecule has 0 aliphatic heterocycles. The fraction of sp³-hybridized carbons (Fsp3) is 0.150. The van der Waals surface area contributed by atoms with Crippen molar-refractivity contribution < 1.29 is 40.4 Å². The number of halogens is 8. The molecule has 3 aromatic rings. The van der Waals surface area contributed by atoms with Crippen LogP contribution in [0.3, 0.4) is 0 Å². The van der Waals surface area contributed by atoms with Gasteiger partial charge in [0, 0.05) is 6.21 Å². The fourth-order valence-electron chi connectivity index (χ4n) is 2.87. The van der Waals surface area contributed by atoms with Gasteiger partial charge < -0.3 is 9.84 Å². The average molecular weight is 571 g/mol. The van der Waals surface area contributed by atoms with Gasteiger partial charge in [0.25, 0.3) is 0 Å². The Kier molecular flexibility index (Phi) is 7.58. The summed E-state index contributed by atoms with van der Waals surface area (Å²) >= 11 is 11.9. The molecule has 0 bridgehead atoms. The Hall–Kier alpha value is -3.28. The van der Waals surface area contributed by atoms with Crippen molar-refractivity contribution in [1.29, 1.82) is 5.26 Å². The Morgan fingerprint density at radius 3 is 2.28 bits per heavy atom. The van der Waals surface area contributed by atoms with E-state index >= 15 is 0 Å². The molecule has 0 saturated carbocycles. The van der Waals surface area contributed by atoms with Crippen molar-refractivity contribution in [2.45, 2.75) is 16.6 Å². The summed E-state index contributed by atoms with van der Waals surface area (Å²) in [6.07, 6.45) is -3.89. The molecule has 0 fully saturated rings. The number of hydrogen-bond acceptors (Lipinski definition) is 6. The number of methoxy groups -OCH3 is 1. The van der Waals surface area contributed by atoms with Crippen molar-refractivity contribution in [2.24, 2.45) is 4.99 Å². The molecular formula is C20H10Cl2F6N4O3S. The highest BCUT2D eigenvalue weighted by molar-refractivity contribution is 7.86. The van der Waals surface area contributed by atoms with Crippen molar-refractivity contribution in [3.63, 3.8) is 0 Å². The summed E-state index contributed by atoms with van der Waals surface area (Å²) < 4.78 is 97.2. The summed E-state index contributed by atoms with van der Waals surface area (Å²) in [5.41, 5.74) is -7.95. The zero-order valence-electron chi connectivity index (χ0n) is 17.4. The maximum atomic E-state index is 13.4. The molecule has 0 aliphatic carbocycles. The maximum absolute atomic E-state index is 13.4. The quantitative estimate of drug-likeness (QED) is 0.292. The first-order chi connectivity index (χ1) is 16.7. The van der Waals surface area contributed by atoms with E-state index in [0.717, 1.165) is 6.21 Å². The molecule has 190 valence electrons. The number of phenolic OH excluding ortho intramolecular Hbond substituents is 1. The number of phenols is 1. The standard InChI is InChI=1S/C20H10Cl2F6N4O3S/c1-35-15-4-9(2-3-14(15)33)8-30-18-17(36(34)20(26,27)28)13(7-29)31-32(18)16-11(21)5-10(6-12(16)22)19(23,24)25/h2-6,8,33H,1H3/b30-8+. The first-order valence-corrected chi connectivity index (χ1v) is 11.1. The van der Waals surface area contributed by atoms with E-state index in [0.29, 0.717) is 16.8 Å². The van der Waals surface area contributed by atoms with Crippen LogP contribution in [0, 0.1) is 11.3 Å². The molecule has 2 aromatic carbocycles. The Balaban J connectivity index is 2.32. The van der Waals surface area contributed by atoms with Crippen molar-refractivity contribution in [3.05, 3.63) is 57.2 Å². The van der Waals surface area contributed by atoms with Gasteiger partial charge in [-0.05, 0) is 35.9 Å². The summed E-state index contributed by atoms with van der Waals surface area (Å²) in [6, 6.07) is 6.01. The zero-order chi connectivity index (χ0) is 27.0. The Morgan fingerprint density at radius 2 is 1.78 bits per heavy atom. The van der Waals surface area contributed by atoms with E-state index in [1.54, 1.807) is 0 Å². The van der Waals surface area contributed by atoms with Gasteiger partial charge in [-0.1, -0.05) is 23.2 Å². The van der Waals surface area contributed by atoms with E-state index in [4.69, 9.17) is 27.9 Å². The van der Waals surface area contributed by atoms with E-state index < -0.39 is 60.2 Å². The minimum absolute atomic E-state index is 0.0157. The number of alkyl halides is 6. The number of aliphatic imine (C=N–C) groups is 1.